The van der Waals surface area contributed by atoms with Crippen molar-refractivity contribution in [2.24, 2.45) is 0 Å². The van der Waals surface area contributed by atoms with Gasteiger partial charge in [0.25, 0.3) is 0 Å². The molecule has 0 N–H and O–H groups in total. The molecule has 0 aliphatic rings. The van der Waals surface area contributed by atoms with E-state index < -0.39 is 0 Å². The van der Waals surface area contributed by atoms with Crippen LogP contribution in [-0.2, 0) is 0 Å². The average molecular weight is 329 g/mol. The largest absolute Gasteiger partial charge is 0.294 e. The summed E-state index contributed by atoms with van der Waals surface area (Å²) >= 11 is 13.5. The lowest BCUT2D eigenvalue weighted by Crippen LogP contribution is -2.01. The van der Waals surface area contributed by atoms with Gasteiger partial charge >= 0.3 is 0 Å². The molecule has 70 valence electrons. The fourth-order valence-electron chi connectivity index (χ4n) is 0.940. The van der Waals surface area contributed by atoms with Crippen LogP contribution in [0.5, 0.6) is 0 Å². The highest BCUT2D eigenvalue weighted by Crippen LogP contribution is 2.23. The zero-order valence-electron chi connectivity index (χ0n) is 6.69. The molecule has 0 amide bonds. The monoisotopic (exact) mass is 328 g/mol. The van der Waals surface area contributed by atoms with Crippen LogP contribution >= 0.6 is 45.8 Å². The van der Waals surface area contributed by atoms with Crippen molar-refractivity contribution in [1.82, 2.24) is 0 Å². The Labute approximate surface area is 101 Å². The highest BCUT2D eigenvalue weighted by atomic mass is 127. The average Bonchev–Trinajstić information content (AvgIpc) is 2.10. The minimum atomic E-state index is -0.00137. The molecule has 1 aromatic rings. The molecular weight excluding hydrogens is 322 g/mol. The van der Waals surface area contributed by atoms with E-state index in [0.717, 1.165) is 3.57 Å². The highest BCUT2D eigenvalue weighted by molar-refractivity contribution is 14.1. The quantitative estimate of drug-likeness (QED) is 0.469. The molecule has 0 aromatic heterocycles. The molecule has 0 saturated heterocycles. The Balaban J connectivity index is 3.01. The number of carbonyl (C=O) groups is 1. The molecule has 0 unspecified atom stereocenters. The van der Waals surface area contributed by atoms with E-state index >= 15 is 0 Å². The first-order chi connectivity index (χ1) is 6.16. The van der Waals surface area contributed by atoms with Gasteiger partial charge < -0.3 is 0 Å². The maximum absolute atomic E-state index is 11.4. The number of hydrogen-bond donors (Lipinski definition) is 0. The summed E-state index contributed by atoms with van der Waals surface area (Å²) in [5, 5.41) is 0.526. The molecule has 0 spiro atoms. The van der Waals surface area contributed by atoms with Gasteiger partial charge in [0.2, 0.25) is 0 Å². The molecule has 0 atom stereocenters. The van der Waals surface area contributed by atoms with Crippen LogP contribution in [-0.4, -0.2) is 11.7 Å². The number of ketones is 1. The van der Waals surface area contributed by atoms with E-state index in [1.165, 1.54) is 0 Å². The number of rotatable bonds is 3. The Morgan fingerprint density at radius 1 is 1.46 bits per heavy atom. The van der Waals surface area contributed by atoms with Gasteiger partial charge in [0.05, 0.1) is 5.02 Å². The van der Waals surface area contributed by atoms with Gasteiger partial charge in [0, 0.05) is 21.4 Å². The first kappa shape index (κ1) is 11.3. The molecule has 0 heterocycles. The van der Waals surface area contributed by atoms with E-state index in [-0.39, 0.29) is 5.78 Å². The van der Waals surface area contributed by atoms with Crippen molar-refractivity contribution in [2.75, 3.05) is 5.88 Å². The Bertz CT molecular complexity index is 325. The second-order valence-electron chi connectivity index (χ2n) is 2.46. The summed E-state index contributed by atoms with van der Waals surface area (Å²) in [6.45, 7) is 0. The summed E-state index contributed by atoms with van der Waals surface area (Å²) in [5.41, 5.74) is 0.564. The van der Waals surface area contributed by atoms with E-state index in [0.29, 0.717) is 22.9 Å². The third kappa shape index (κ3) is 2.82. The molecule has 4 heteroatoms. The van der Waals surface area contributed by atoms with Gasteiger partial charge in [0.15, 0.2) is 5.78 Å². The second-order valence-corrected chi connectivity index (χ2v) is 4.38. The molecule has 0 radical (unpaired) electrons. The summed E-state index contributed by atoms with van der Waals surface area (Å²) in [7, 11) is 0. The van der Waals surface area contributed by atoms with Gasteiger partial charge in [-0.25, -0.2) is 0 Å². The van der Waals surface area contributed by atoms with Crippen LogP contribution < -0.4 is 0 Å². The summed E-state index contributed by atoms with van der Waals surface area (Å²) in [4.78, 5) is 11.4. The predicted octanol–water partition coefficient (Wildman–Crippen LogP) is 3.76. The first-order valence-corrected chi connectivity index (χ1v) is 5.69. The van der Waals surface area contributed by atoms with Crippen LogP contribution in [0.4, 0.5) is 0 Å². The SMILES string of the molecule is O=C(CCCl)c1cccc(I)c1Cl. The van der Waals surface area contributed by atoms with Gasteiger partial charge in [0.1, 0.15) is 0 Å². The third-order valence-electron chi connectivity index (χ3n) is 1.57. The zero-order valence-corrected chi connectivity index (χ0v) is 10.4. The topological polar surface area (TPSA) is 17.1 Å². The van der Waals surface area contributed by atoms with Crippen molar-refractivity contribution in [3.63, 3.8) is 0 Å². The molecule has 13 heavy (non-hydrogen) atoms. The molecule has 0 bridgehead atoms. The van der Waals surface area contributed by atoms with E-state index in [1.807, 2.05) is 12.1 Å². The fourth-order valence-corrected chi connectivity index (χ4v) is 1.84. The summed E-state index contributed by atoms with van der Waals surface area (Å²) in [5.74, 6) is 0.333. The number of Topliss-reactive ketones (excluding diaryl/α,β-unsaturated/α-hetero) is 1. The Hall–Kier alpha value is 0.200. The van der Waals surface area contributed by atoms with Crippen molar-refractivity contribution in [1.29, 1.82) is 0 Å². The lowest BCUT2D eigenvalue weighted by Gasteiger charge is -2.02. The minimum absolute atomic E-state index is 0.00137. The fraction of sp³-hybridized carbons (Fsp3) is 0.222. The van der Waals surface area contributed by atoms with Gasteiger partial charge in [-0.05, 0) is 34.7 Å². The van der Waals surface area contributed by atoms with Crippen LogP contribution in [0.2, 0.25) is 5.02 Å². The maximum Gasteiger partial charge on any atom is 0.165 e. The highest BCUT2D eigenvalue weighted by Gasteiger charge is 2.10. The van der Waals surface area contributed by atoms with Crippen molar-refractivity contribution >= 4 is 51.6 Å². The lowest BCUT2D eigenvalue weighted by molar-refractivity contribution is 0.0989. The Morgan fingerprint density at radius 3 is 2.77 bits per heavy atom. The molecule has 1 rings (SSSR count). The molecule has 0 fully saturated rings. The van der Waals surface area contributed by atoms with E-state index in [9.17, 15) is 4.79 Å². The predicted molar refractivity (Wildman–Crippen MR) is 63.8 cm³/mol. The van der Waals surface area contributed by atoms with Gasteiger partial charge in [-0.15, -0.1) is 11.6 Å². The normalized spacial score (nSPS) is 10.1. The number of hydrogen-bond acceptors (Lipinski definition) is 1. The number of benzene rings is 1. The van der Waals surface area contributed by atoms with Crippen LogP contribution in [0.25, 0.3) is 0 Å². The van der Waals surface area contributed by atoms with Crippen molar-refractivity contribution < 1.29 is 4.79 Å². The Morgan fingerprint density at radius 2 is 2.15 bits per heavy atom. The van der Waals surface area contributed by atoms with Crippen LogP contribution in [0.1, 0.15) is 16.8 Å². The van der Waals surface area contributed by atoms with Gasteiger partial charge in [-0.1, -0.05) is 17.7 Å². The molecule has 1 aromatic carbocycles. The molecule has 0 aliphatic carbocycles. The maximum atomic E-state index is 11.4. The van der Waals surface area contributed by atoms with Gasteiger partial charge in [-0.3, -0.25) is 4.79 Å². The van der Waals surface area contributed by atoms with E-state index in [2.05, 4.69) is 22.6 Å². The Kier molecular flexibility index (Phi) is 4.49. The summed E-state index contributed by atoms with van der Waals surface area (Å²) < 4.78 is 0.889. The molecule has 0 aliphatic heterocycles. The number of carbonyl (C=O) groups excluding carboxylic acids is 1. The van der Waals surface area contributed by atoms with Crippen molar-refractivity contribution in [3.8, 4) is 0 Å². The molecular formula is C9H7Cl2IO. The summed E-state index contributed by atoms with van der Waals surface area (Å²) in [6.07, 6.45) is 0.335. The standard InChI is InChI=1S/C9H7Cl2IO/c10-5-4-8(13)6-2-1-3-7(12)9(6)11/h1-3H,4-5H2. The minimum Gasteiger partial charge on any atom is -0.294 e. The van der Waals surface area contributed by atoms with Gasteiger partial charge in [-0.2, -0.15) is 0 Å². The molecule has 1 nitrogen and oxygen atoms in total. The zero-order chi connectivity index (χ0) is 9.84. The van der Waals surface area contributed by atoms with Crippen molar-refractivity contribution in [2.45, 2.75) is 6.42 Å². The summed E-state index contributed by atoms with van der Waals surface area (Å²) in [6, 6.07) is 5.40. The first-order valence-electron chi connectivity index (χ1n) is 3.70. The van der Waals surface area contributed by atoms with Crippen LogP contribution in [0, 0.1) is 3.57 Å². The van der Waals surface area contributed by atoms with E-state index in [1.54, 1.807) is 6.07 Å². The number of alkyl halides is 1. The smallest absolute Gasteiger partial charge is 0.165 e. The molecule has 0 saturated carbocycles. The second kappa shape index (κ2) is 5.17. The van der Waals surface area contributed by atoms with Crippen molar-refractivity contribution in [3.05, 3.63) is 32.4 Å². The third-order valence-corrected chi connectivity index (χ3v) is 3.39. The lowest BCUT2D eigenvalue weighted by atomic mass is 10.1. The van der Waals surface area contributed by atoms with Crippen LogP contribution in [0.3, 0.4) is 0 Å². The number of halogens is 3. The van der Waals surface area contributed by atoms with Crippen LogP contribution in [0.15, 0.2) is 18.2 Å². The van der Waals surface area contributed by atoms with E-state index in [4.69, 9.17) is 23.2 Å².